The van der Waals surface area contributed by atoms with Crippen LogP contribution in [0.25, 0.3) is 49.7 Å². The fourth-order valence-corrected chi connectivity index (χ4v) is 5.54. The average molecular weight is 537 g/mol. The van der Waals surface area contributed by atoms with Gasteiger partial charge >= 0.3 is 0 Å². The van der Waals surface area contributed by atoms with E-state index in [4.69, 9.17) is 11.6 Å². The van der Waals surface area contributed by atoms with Gasteiger partial charge < -0.3 is 4.57 Å². The molecule has 0 aliphatic heterocycles. The summed E-state index contributed by atoms with van der Waals surface area (Å²) in [4.78, 5) is 0. The molecule has 0 unspecified atom stereocenters. The van der Waals surface area contributed by atoms with E-state index in [-0.39, 0.29) is 0 Å². The molecule has 5 aromatic carbocycles. The Morgan fingerprint density at radius 2 is 1.11 bits per heavy atom. The Hall–Kier alpha value is -3.33. The maximum Gasteiger partial charge on any atom is 0.0549 e. The molecule has 0 atom stereocenters. The second kappa shape index (κ2) is 8.71. The van der Waals surface area contributed by atoms with E-state index < -0.39 is 0 Å². The first-order valence-corrected chi connectivity index (χ1v) is 12.8. The fraction of sp³-hybridized carbons (Fsp3) is 0.0625. The number of rotatable bonds is 3. The highest BCUT2D eigenvalue weighted by atomic mass is 79.9. The largest absolute Gasteiger partial charge is 0.309 e. The van der Waals surface area contributed by atoms with Gasteiger partial charge in [0.05, 0.1) is 16.1 Å². The van der Waals surface area contributed by atoms with Crippen LogP contribution in [0.3, 0.4) is 0 Å². The van der Waals surface area contributed by atoms with E-state index >= 15 is 0 Å². The van der Waals surface area contributed by atoms with Crippen molar-refractivity contribution < 1.29 is 0 Å². The molecule has 1 nitrogen and oxygen atoms in total. The maximum absolute atomic E-state index is 6.33. The predicted molar refractivity (Wildman–Crippen MR) is 154 cm³/mol. The number of fused-ring (bicyclic) bond motifs is 3. The minimum absolute atomic E-state index is 0.707. The highest BCUT2D eigenvalue weighted by Crippen LogP contribution is 2.39. The number of halogens is 2. The Balaban J connectivity index is 1.68. The molecule has 0 amide bonds. The van der Waals surface area contributed by atoms with E-state index in [1.807, 2.05) is 6.07 Å². The number of aromatic nitrogens is 1. The average Bonchev–Trinajstić information content (AvgIpc) is 3.19. The summed E-state index contributed by atoms with van der Waals surface area (Å²) < 4.78 is 3.22. The number of benzene rings is 5. The summed E-state index contributed by atoms with van der Waals surface area (Å²) >= 11 is 9.94. The Labute approximate surface area is 218 Å². The first-order chi connectivity index (χ1) is 17.0. The van der Waals surface area contributed by atoms with Crippen LogP contribution in [0.15, 0.2) is 108 Å². The quantitative estimate of drug-likeness (QED) is 0.212. The van der Waals surface area contributed by atoms with E-state index in [1.54, 1.807) is 0 Å². The molecule has 0 saturated carbocycles. The van der Waals surface area contributed by atoms with E-state index in [0.717, 1.165) is 10.2 Å². The first kappa shape index (κ1) is 22.2. The SMILES string of the molecule is Cc1ccccc1-c1ccc2c(c1)c1cc(-c3ccccc3C)ccc1n2-c1ccc(Cl)c(Br)c1. The maximum atomic E-state index is 6.33. The molecule has 6 rings (SSSR count). The molecule has 0 bridgehead atoms. The van der Waals surface area contributed by atoms with Crippen molar-refractivity contribution in [1.29, 1.82) is 0 Å². The minimum atomic E-state index is 0.707. The summed E-state index contributed by atoms with van der Waals surface area (Å²) in [6, 6.07) is 36.9. The Bertz CT molecular complexity index is 1640. The molecule has 0 N–H and O–H groups in total. The summed E-state index contributed by atoms with van der Waals surface area (Å²) in [6.07, 6.45) is 0. The molecule has 1 aromatic heterocycles. The van der Waals surface area contributed by atoms with Crippen LogP contribution in [0.5, 0.6) is 0 Å². The smallest absolute Gasteiger partial charge is 0.0549 e. The molecule has 6 aromatic rings. The van der Waals surface area contributed by atoms with Crippen molar-refractivity contribution >= 4 is 49.3 Å². The van der Waals surface area contributed by atoms with Gasteiger partial charge in [-0.25, -0.2) is 0 Å². The predicted octanol–water partition coefficient (Wildman–Crippen LogP) is 10.2. The summed E-state index contributed by atoms with van der Waals surface area (Å²) in [5.74, 6) is 0. The monoisotopic (exact) mass is 535 g/mol. The van der Waals surface area contributed by atoms with Gasteiger partial charge in [0, 0.05) is 20.9 Å². The lowest BCUT2D eigenvalue weighted by atomic mass is 9.97. The van der Waals surface area contributed by atoms with Crippen molar-refractivity contribution in [2.75, 3.05) is 0 Å². The molecule has 1 heterocycles. The van der Waals surface area contributed by atoms with Crippen molar-refractivity contribution in [3.63, 3.8) is 0 Å². The van der Waals surface area contributed by atoms with Crippen LogP contribution in [0.2, 0.25) is 5.02 Å². The van der Waals surface area contributed by atoms with Crippen molar-refractivity contribution in [2.24, 2.45) is 0 Å². The molecule has 0 radical (unpaired) electrons. The normalized spacial score (nSPS) is 11.4. The molecule has 0 spiro atoms. The molecular formula is C32H23BrClN. The second-order valence-corrected chi connectivity index (χ2v) is 10.3. The van der Waals surface area contributed by atoms with Crippen LogP contribution in [0.4, 0.5) is 0 Å². The highest BCUT2D eigenvalue weighted by molar-refractivity contribution is 9.10. The van der Waals surface area contributed by atoms with Gasteiger partial charge in [0.1, 0.15) is 0 Å². The van der Waals surface area contributed by atoms with E-state index in [1.165, 1.54) is 55.2 Å². The lowest BCUT2D eigenvalue weighted by molar-refractivity contribution is 1.18. The Morgan fingerprint density at radius 3 is 1.60 bits per heavy atom. The van der Waals surface area contributed by atoms with Gasteiger partial charge in [-0.05, 0) is 106 Å². The fourth-order valence-electron chi connectivity index (χ4n) is 5.05. The third-order valence-corrected chi connectivity index (χ3v) is 8.05. The van der Waals surface area contributed by atoms with E-state index in [9.17, 15) is 0 Å². The van der Waals surface area contributed by atoms with Crippen LogP contribution in [0, 0.1) is 13.8 Å². The van der Waals surface area contributed by atoms with Crippen LogP contribution in [-0.4, -0.2) is 4.57 Å². The zero-order chi connectivity index (χ0) is 24.1. The first-order valence-electron chi connectivity index (χ1n) is 11.7. The molecule has 170 valence electrons. The Kier molecular flexibility index (Phi) is 5.51. The molecule has 3 heteroatoms. The summed E-state index contributed by atoms with van der Waals surface area (Å²) in [5.41, 5.74) is 11.0. The number of hydrogen-bond acceptors (Lipinski definition) is 0. The van der Waals surface area contributed by atoms with Gasteiger partial charge in [0.15, 0.2) is 0 Å². The summed E-state index contributed by atoms with van der Waals surface area (Å²) in [6.45, 7) is 4.34. The molecule has 35 heavy (non-hydrogen) atoms. The third kappa shape index (κ3) is 3.78. The number of hydrogen-bond donors (Lipinski definition) is 0. The van der Waals surface area contributed by atoms with E-state index in [0.29, 0.717) is 5.02 Å². The zero-order valence-corrected chi connectivity index (χ0v) is 21.9. The third-order valence-electron chi connectivity index (χ3n) is 6.84. The molecule has 0 aliphatic rings. The van der Waals surface area contributed by atoms with Gasteiger partial charge in [-0.1, -0.05) is 72.3 Å². The molecule has 0 fully saturated rings. The number of aryl methyl sites for hydroxylation is 2. The summed E-state index contributed by atoms with van der Waals surface area (Å²) in [7, 11) is 0. The van der Waals surface area contributed by atoms with Crippen LogP contribution < -0.4 is 0 Å². The van der Waals surface area contributed by atoms with Crippen molar-refractivity contribution in [2.45, 2.75) is 13.8 Å². The topological polar surface area (TPSA) is 4.93 Å². The Morgan fingerprint density at radius 1 is 0.600 bits per heavy atom. The van der Waals surface area contributed by atoms with Gasteiger partial charge in [-0.2, -0.15) is 0 Å². The van der Waals surface area contributed by atoms with Crippen LogP contribution >= 0.6 is 27.5 Å². The van der Waals surface area contributed by atoms with Gasteiger partial charge in [-0.3, -0.25) is 0 Å². The lowest BCUT2D eigenvalue weighted by Crippen LogP contribution is -1.94. The van der Waals surface area contributed by atoms with Gasteiger partial charge in [-0.15, -0.1) is 0 Å². The second-order valence-electron chi connectivity index (χ2n) is 9.03. The van der Waals surface area contributed by atoms with Gasteiger partial charge in [0.25, 0.3) is 0 Å². The molecule has 0 aliphatic carbocycles. The zero-order valence-electron chi connectivity index (χ0n) is 19.5. The number of nitrogens with zero attached hydrogens (tertiary/aromatic N) is 1. The molecule has 0 saturated heterocycles. The highest BCUT2D eigenvalue weighted by Gasteiger charge is 2.16. The lowest BCUT2D eigenvalue weighted by Gasteiger charge is -2.10. The van der Waals surface area contributed by atoms with Crippen LogP contribution in [0.1, 0.15) is 11.1 Å². The minimum Gasteiger partial charge on any atom is -0.309 e. The molecular weight excluding hydrogens is 514 g/mol. The van der Waals surface area contributed by atoms with Crippen molar-refractivity contribution in [1.82, 2.24) is 4.57 Å². The van der Waals surface area contributed by atoms with E-state index in [2.05, 4.69) is 131 Å². The van der Waals surface area contributed by atoms with Crippen molar-refractivity contribution in [3.8, 4) is 27.9 Å². The van der Waals surface area contributed by atoms with Crippen LogP contribution in [-0.2, 0) is 0 Å². The van der Waals surface area contributed by atoms with Gasteiger partial charge in [0.2, 0.25) is 0 Å². The van der Waals surface area contributed by atoms with Crippen molar-refractivity contribution in [3.05, 3.63) is 124 Å². The standard InChI is InChI=1S/C32H23BrClN/c1-20-7-3-5-9-25(20)22-11-15-31-27(17-22)28-18-23(26-10-6-4-8-21(26)2)12-16-32(28)35(31)24-13-14-30(34)29(33)19-24/h3-19H,1-2H3. The summed E-state index contributed by atoms with van der Waals surface area (Å²) in [5, 5.41) is 3.18.